The molecule has 4 nitrogen and oxygen atoms in total. The number of fused-ring (bicyclic) bond motifs is 1. The highest BCUT2D eigenvalue weighted by molar-refractivity contribution is 6.15. The third-order valence-electron chi connectivity index (χ3n) is 3.40. The first kappa shape index (κ1) is 15.9. The maximum absolute atomic E-state index is 13.1. The number of Topliss-reactive ketones (excluding diaryl/α,β-unsaturated/α-hetero) is 1. The fourth-order valence-corrected chi connectivity index (χ4v) is 2.27. The third-order valence-corrected chi connectivity index (χ3v) is 3.40. The van der Waals surface area contributed by atoms with Crippen molar-refractivity contribution in [2.24, 2.45) is 0 Å². The Hall–Kier alpha value is -3.03. The van der Waals surface area contributed by atoms with Gasteiger partial charge in [0.15, 0.2) is 17.3 Å². The van der Waals surface area contributed by atoms with Crippen molar-refractivity contribution in [3.8, 4) is 17.2 Å². The molecule has 3 rings (SSSR count). The lowest BCUT2D eigenvalue weighted by Gasteiger charge is -2.10. The third kappa shape index (κ3) is 2.55. The van der Waals surface area contributed by atoms with Crippen LogP contribution < -0.4 is 4.74 Å². The smallest absolute Gasteiger partial charge is 0.417 e. The predicted octanol–water partition coefficient (Wildman–Crippen LogP) is 3.87. The van der Waals surface area contributed by atoms with Crippen molar-refractivity contribution in [3.63, 3.8) is 0 Å². The van der Waals surface area contributed by atoms with E-state index in [1.54, 1.807) is 0 Å². The van der Waals surface area contributed by atoms with Gasteiger partial charge in [-0.3, -0.25) is 4.79 Å². The van der Waals surface area contributed by atoms with Crippen molar-refractivity contribution in [1.29, 1.82) is 0 Å². The Bertz CT molecular complexity index is 884. The van der Waals surface area contributed by atoms with Gasteiger partial charge in [0.25, 0.3) is 0 Å². The molecule has 0 aliphatic carbocycles. The van der Waals surface area contributed by atoms with E-state index in [2.05, 4.69) is 0 Å². The second kappa shape index (κ2) is 5.26. The highest BCUT2D eigenvalue weighted by Crippen LogP contribution is 2.44. The number of hydrogen-bond donors (Lipinski definition) is 2. The average Bonchev–Trinajstić information content (AvgIpc) is 2.81. The van der Waals surface area contributed by atoms with E-state index in [0.717, 1.165) is 24.3 Å². The van der Waals surface area contributed by atoms with Crippen molar-refractivity contribution >= 4 is 11.9 Å². The summed E-state index contributed by atoms with van der Waals surface area (Å²) in [6, 6.07) is 4.21. The molecule has 2 aromatic carbocycles. The molecule has 0 saturated carbocycles. The Labute approximate surface area is 132 Å². The van der Waals surface area contributed by atoms with Crippen molar-refractivity contribution in [3.05, 3.63) is 58.6 Å². The van der Waals surface area contributed by atoms with Gasteiger partial charge in [0.1, 0.15) is 5.82 Å². The van der Waals surface area contributed by atoms with Gasteiger partial charge in [-0.15, -0.1) is 0 Å². The minimum absolute atomic E-state index is 0.104. The Morgan fingerprint density at radius 3 is 2.46 bits per heavy atom. The second-order valence-electron chi connectivity index (χ2n) is 4.98. The zero-order chi connectivity index (χ0) is 17.6. The van der Waals surface area contributed by atoms with Crippen LogP contribution in [-0.2, 0) is 6.18 Å². The fourth-order valence-electron chi connectivity index (χ4n) is 2.27. The van der Waals surface area contributed by atoms with E-state index in [-0.39, 0.29) is 11.3 Å². The number of phenols is 2. The number of alkyl halides is 3. The first-order valence-electron chi connectivity index (χ1n) is 6.54. The molecule has 0 bridgehead atoms. The quantitative estimate of drug-likeness (QED) is 0.470. The van der Waals surface area contributed by atoms with Gasteiger partial charge in [0.05, 0.1) is 11.1 Å². The summed E-state index contributed by atoms with van der Waals surface area (Å²) < 4.78 is 57.1. The van der Waals surface area contributed by atoms with Crippen molar-refractivity contribution < 1.29 is 37.3 Å². The molecule has 1 heterocycles. The number of allylic oxidation sites excluding steroid dienone is 1. The Balaban J connectivity index is 2.09. The van der Waals surface area contributed by atoms with Gasteiger partial charge in [-0.1, -0.05) is 6.07 Å². The number of halogens is 4. The summed E-state index contributed by atoms with van der Waals surface area (Å²) in [5, 5.41) is 19.0. The van der Waals surface area contributed by atoms with E-state index in [1.807, 2.05) is 0 Å². The summed E-state index contributed by atoms with van der Waals surface area (Å²) in [4.78, 5) is 12.2. The van der Waals surface area contributed by atoms with Gasteiger partial charge in [0.2, 0.25) is 11.5 Å². The molecule has 0 fully saturated rings. The maximum Gasteiger partial charge on any atom is 0.417 e. The van der Waals surface area contributed by atoms with Crippen LogP contribution in [0, 0.1) is 5.82 Å². The van der Waals surface area contributed by atoms with Gasteiger partial charge in [0, 0.05) is 0 Å². The van der Waals surface area contributed by atoms with Crippen LogP contribution in [0.1, 0.15) is 21.5 Å². The Morgan fingerprint density at radius 2 is 1.79 bits per heavy atom. The van der Waals surface area contributed by atoms with Gasteiger partial charge in [-0.05, 0) is 35.9 Å². The second-order valence-corrected chi connectivity index (χ2v) is 4.98. The van der Waals surface area contributed by atoms with E-state index in [4.69, 9.17) is 4.74 Å². The molecular formula is C16H8F4O4. The molecule has 124 valence electrons. The van der Waals surface area contributed by atoms with Crippen LogP contribution in [0.5, 0.6) is 17.2 Å². The SMILES string of the molecule is O=C1/C(=C\c2ccc(F)cc2C(F)(F)F)Oc2c1ccc(O)c2O. The number of ether oxygens (including phenoxy) is 1. The molecule has 0 radical (unpaired) electrons. The van der Waals surface area contributed by atoms with Crippen LogP contribution in [0.2, 0.25) is 0 Å². The Morgan fingerprint density at radius 1 is 1.08 bits per heavy atom. The summed E-state index contributed by atoms with van der Waals surface area (Å²) >= 11 is 0. The molecule has 0 aromatic heterocycles. The molecule has 0 unspecified atom stereocenters. The van der Waals surface area contributed by atoms with Crippen LogP contribution in [0.4, 0.5) is 17.6 Å². The molecule has 2 N–H and O–H groups in total. The molecule has 1 aliphatic rings. The first-order valence-corrected chi connectivity index (χ1v) is 6.54. The number of carbonyl (C=O) groups excluding carboxylic acids is 1. The lowest BCUT2D eigenvalue weighted by Crippen LogP contribution is -2.09. The largest absolute Gasteiger partial charge is 0.504 e. The number of carbonyl (C=O) groups is 1. The summed E-state index contributed by atoms with van der Waals surface area (Å²) in [7, 11) is 0. The van der Waals surface area contributed by atoms with Crippen LogP contribution >= 0.6 is 0 Å². The topological polar surface area (TPSA) is 66.8 Å². The molecule has 0 atom stereocenters. The Kier molecular flexibility index (Phi) is 3.47. The first-order chi connectivity index (χ1) is 11.2. The molecule has 8 heteroatoms. The number of aromatic hydroxyl groups is 2. The lowest BCUT2D eigenvalue weighted by molar-refractivity contribution is -0.137. The van der Waals surface area contributed by atoms with Crippen LogP contribution in [0.15, 0.2) is 36.1 Å². The minimum Gasteiger partial charge on any atom is -0.504 e. The fraction of sp³-hybridized carbons (Fsp3) is 0.0625. The normalized spacial score (nSPS) is 15.5. The molecule has 1 aliphatic heterocycles. The summed E-state index contributed by atoms with van der Waals surface area (Å²) in [5.41, 5.74) is -1.84. The van der Waals surface area contributed by atoms with Gasteiger partial charge in [-0.2, -0.15) is 13.2 Å². The molecule has 0 saturated heterocycles. The minimum atomic E-state index is -4.83. The zero-order valence-electron chi connectivity index (χ0n) is 11.7. The van der Waals surface area contributed by atoms with Gasteiger partial charge >= 0.3 is 6.18 Å². The standard InChI is InChI=1S/C16H8F4O4/c17-8-2-1-7(10(6-8)16(18,19)20)5-12-13(22)9-3-4-11(21)14(23)15(9)24-12/h1-6,21,23H/b12-5+. The summed E-state index contributed by atoms with van der Waals surface area (Å²) in [5.74, 6) is -3.91. The number of ketones is 1. The number of phenolic OH excluding ortho intramolecular Hbond substituents is 2. The monoisotopic (exact) mass is 340 g/mol. The van der Waals surface area contributed by atoms with Gasteiger partial charge in [-0.25, -0.2) is 4.39 Å². The maximum atomic E-state index is 13.1. The molecule has 2 aromatic rings. The van der Waals surface area contributed by atoms with E-state index in [9.17, 15) is 32.6 Å². The molecule has 24 heavy (non-hydrogen) atoms. The van der Waals surface area contributed by atoms with E-state index in [1.165, 1.54) is 6.07 Å². The van der Waals surface area contributed by atoms with E-state index >= 15 is 0 Å². The summed E-state index contributed by atoms with van der Waals surface area (Å²) in [6.45, 7) is 0. The number of rotatable bonds is 1. The molecule has 0 amide bonds. The van der Waals surface area contributed by atoms with Crippen molar-refractivity contribution in [1.82, 2.24) is 0 Å². The van der Waals surface area contributed by atoms with Crippen LogP contribution in [-0.4, -0.2) is 16.0 Å². The van der Waals surface area contributed by atoms with Crippen molar-refractivity contribution in [2.75, 3.05) is 0 Å². The predicted molar refractivity (Wildman–Crippen MR) is 74.1 cm³/mol. The van der Waals surface area contributed by atoms with Crippen LogP contribution in [0.25, 0.3) is 6.08 Å². The van der Waals surface area contributed by atoms with E-state index in [0.29, 0.717) is 6.07 Å². The lowest BCUT2D eigenvalue weighted by atomic mass is 10.0. The van der Waals surface area contributed by atoms with Crippen molar-refractivity contribution in [2.45, 2.75) is 6.18 Å². The number of hydrogen-bond acceptors (Lipinski definition) is 4. The van der Waals surface area contributed by atoms with Crippen LogP contribution in [0.3, 0.4) is 0 Å². The molecule has 0 spiro atoms. The highest BCUT2D eigenvalue weighted by atomic mass is 19.4. The number of benzene rings is 2. The van der Waals surface area contributed by atoms with E-state index < -0.39 is 46.2 Å². The summed E-state index contributed by atoms with van der Waals surface area (Å²) in [6.07, 6.45) is -4.02. The van der Waals surface area contributed by atoms with Gasteiger partial charge < -0.3 is 14.9 Å². The molecular weight excluding hydrogens is 332 g/mol. The highest BCUT2D eigenvalue weighted by Gasteiger charge is 2.35. The zero-order valence-corrected chi connectivity index (χ0v) is 11.7. The average molecular weight is 340 g/mol.